The molecule has 0 aliphatic heterocycles. The lowest BCUT2D eigenvalue weighted by Gasteiger charge is -2.11. The second-order valence-corrected chi connectivity index (χ2v) is 7.61. The van der Waals surface area contributed by atoms with Crippen molar-refractivity contribution in [3.63, 3.8) is 0 Å². The van der Waals surface area contributed by atoms with E-state index in [-0.39, 0.29) is 18.3 Å². The molecule has 156 valence electrons. The number of nitrogens with zero attached hydrogens (tertiary/aromatic N) is 2. The molecule has 30 heavy (non-hydrogen) atoms. The molecular formula is C24H27N3O3. The molecule has 2 aromatic carbocycles. The maximum atomic E-state index is 12.4. The number of ketones is 1. The van der Waals surface area contributed by atoms with Crippen LogP contribution in [0.3, 0.4) is 0 Å². The highest BCUT2D eigenvalue weighted by molar-refractivity contribution is 5.91. The number of anilines is 1. The number of carbonyl (C=O) groups is 2. The number of carbonyl (C=O) groups excluding carboxylic acids is 2. The highest BCUT2D eigenvalue weighted by Gasteiger charge is 2.12. The summed E-state index contributed by atoms with van der Waals surface area (Å²) in [7, 11) is 0. The average molecular weight is 405 g/mol. The number of rotatable bonds is 8. The van der Waals surface area contributed by atoms with Gasteiger partial charge in [0, 0.05) is 12.5 Å². The molecule has 0 unspecified atom stereocenters. The SMILES string of the molecule is CC(=O)CCc1ccc(OCC(=O)Nc2cc(C)nn2-c2cc(C)cc(C)c2)cc1. The van der Waals surface area contributed by atoms with Gasteiger partial charge in [-0.2, -0.15) is 5.10 Å². The minimum absolute atomic E-state index is 0.107. The fourth-order valence-electron chi connectivity index (χ4n) is 3.26. The van der Waals surface area contributed by atoms with Gasteiger partial charge in [0.25, 0.3) is 5.91 Å². The van der Waals surface area contributed by atoms with Crippen LogP contribution in [0.2, 0.25) is 0 Å². The van der Waals surface area contributed by atoms with E-state index in [1.54, 1.807) is 11.6 Å². The molecule has 1 heterocycles. The van der Waals surface area contributed by atoms with Gasteiger partial charge in [0.1, 0.15) is 17.4 Å². The van der Waals surface area contributed by atoms with Crippen LogP contribution < -0.4 is 10.1 Å². The van der Waals surface area contributed by atoms with E-state index < -0.39 is 0 Å². The number of nitrogens with one attached hydrogen (secondary N) is 1. The Morgan fingerprint density at radius 1 is 1.00 bits per heavy atom. The van der Waals surface area contributed by atoms with Crippen molar-refractivity contribution in [3.05, 3.63) is 70.9 Å². The van der Waals surface area contributed by atoms with Crippen molar-refractivity contribution in [1.82, 2.24) is 9.78 Å². The van der Waals surface area contributed by atoms with E-state index in [1.807, 2.05) is 63.2 Å². The summed E-state index contributed by atoms with van der Waals surface area (Å²) in [4.78, 5) is 23.5. The molecule has 3 aromatic rings. The number of amides is 1. The van der Waals surface area contributed by atoms with Crippen LogP contribution in [-0.2, 0) is 16.0 Å². The zero-order valence-corrected chi connectivity index (χ0v) is 17.9. The fraction of sp³-hybridized carbons (Fsp3) is 0.292. The largest absolute Gasteiger partial charge is 0.484 e. The lowest BCUT2D eigenvalue weighted by molar-refractivity contribution is -0.118. The molecule has 0 aliphatic carbocycles. The highest BCUT2D eigenvalue weighted by atomic mass is 16.5. The molecule has 0 bridgehead atoms. The van der Waals surface area contributed by atoms with Gasteiger partial charge in [-0.25, -0.2) is 4.68 Å². The van der Waals surface area contributed by atoms with Gasteiger partial charge in [-0.05, 0) is 75.1 Å². The molecule has 1 N–H and O–H groups in total. The molecule has 3 rings (SSSR count). The van der Waals surface area contributed by atoms with Gasteiger partial charge in [0.05, 0.1) is 11.4 Å². The van der Waals surface area contributed by atoms with E-state index in [0.29, 0.717) is 24.4 Å². The Morgan fingerprint density at radius 2 is 1.67 bits per heavy atom. The third kappa shape index (κ3) is 5.80. The summed E-state index contributed by atoms with van der Waals surface area (Å²) >= 11 is 0. The molecular weight excluding hydrogens is 378 g/mol. The van der Waals surface area contributed by atoms with Crippen LogP contribution in [0.1, 0.15) is 35.7 Å². The predicted octanol–water partition coefficient (Wildman–Crippen LogP) is 4.34. The first kappa shape index (κ1) is 21.3. The Bertz CT molecular complexity index is 1030. The molecule has 0 radical (unpaired) electrons. The summed E-state index contributed by atoms with van der Waals surface area (Å²) in [5.41, 5.74) is 5.04. The Hall–Kier alpha value is -3.41. The molecule has 0 spiro atoms. The first-order valence-corrected chi connectivity index (χ1v) is 9.96. The van der Waals surface area contributed by atoms with Gasteiger partial charge in [-0.3, -0.25) is 4.79 Å². The van der Waals surface area contributed by atoms with Crippen molar-refractivity contribution in [2.24, 2.45) is 0 Å². The van der Waals surface area contributed by atoms with Crippen molar-refractivity contribution >= 4 is 17.5 Å². The maximum absolute atomic E-state index is 12.4. The quantitative estimate of drug-likeness (QED) is 0.605. The molecule has 1 amide bonds. The molecule has 0 saturated carbocycles. The maximum Gasteiger partial charge on any atom is 0.263 e. The van der Waals surface area contributed by atoms with Gasteiger partial charge in [0.15, 0.2) is 6.61 Å². The van der Waals surface area contributed by atoms with Crippen LogP contribution in [0.4, 0.5) is 5.82 Å². The molecule has 0 aliphatic rings. The van der Waals surface area contributed by atoms with E-state index in [2.05, 4.69) is 16.5 Å². The van der Waals surface area contributed by atoms with Gasteiger partial charge in [-0.15, -0.1) is 0 Å². The Kier molecular flexibility index (Phi) is 6.67. The lowest BCUT2D eigenvalue weighted by Crippen LogP contribution is -2.22. The first-order valence-electron chi connectivity index (χ1n) is 9.96. The van der Waals surface area contributed by atoms with Crippen LogP contribution in [0.15, 0.2) is 48.5 Å². The van der Waals surface area contributed by atoms with E-state index in [1.165, 1.54) is 0 Å². The normalized spacial score (nSPS) is 10.7. The van der Waals surface area contributed by atoms with Crippen LogP contribution in [0.5, 0.6) is 5.75 Å². The zero-order chi connectivity index (χ0) is 21.7. The van der Waals surface area contributed by atoms with E-state index in [0.717, 1.165) is 28.1 Å². The van der Waals surface area contributed by atoms with Crippen molar-refractivity contribution in [2.45, 2.75) is 40.5 Å². The third-order valence-corrected chi connectivity index (χ3v) is 4.61. The number of aromatic nitrogens is 2. The molecule has 1 aromatic heterocycles. The van der Waals surface area contributed by atoms with Gasteiger partial charge in [-0.1, -0.05) is 18.2 Å². The van der Waals surface area contributed by atoms with Crippen LogP contribution in [0.25, 0.3) is 5.69 Å². The number of ether oxygens (including phenoxy) is 1. The first-order chi connectivity index (χ1) is 14.3. The number of hydrogen-bond acceptors (Lipinski definition) is 4. The average Bonchev–Trinajstić information content (AvgIpc) is 3.05. The topological polar surface area (TPSA) is 73.2 Å². The molecule has 6 heteroatoms. The van der Waals surface area contributed by atoms with E-state index in [4.69, 9.17) is 4.74 Å². The zero-order valence-electron chi connectivity index (χ0n) is 17.9. The summed E-state index contributed by atoms with van der Waals surface area (Å²) in [6.45, 7) is 7.43. The summed E-state index contributed by atoms with van der Waals surface area (Å²) < 4.78 is 7.34. The van der Waals surface area contributed by atoms with E-state index in [9.17, 15) is 9.59 Å². The monoisotopic (exact) mass is 405 g/mol. The number of hydrogen-bond donors (Lipinski definition) is 1. The predicted molar refractivity (Wildman–Crippen MR) is 117 cm³/mol. The highest BCUT2D eigenvalue weighted by Crippen LogP contribution is 2.20. The second-order valence-electron chi connectivity index (χ2n) is 7.61. The van der Waals surface area contributed by atoms with Crippen molar-refractivity contribution < 1.29 is 14.3 Å². The van der Waals surface area contributed by atoms with Crippen molar-refractivity contribution in [1.29, 1.82) is 0 Å². The summed E-state index contributed by atoms with van der Waals surface area (Å²) in [5.74, 6) is 1.12. The van der Waals surface area contributed by atoms with Crippen LogP contribution in [-0.4, -0.2) is 28.1 Å². The van der Waals surface area contributed by atoms with Crippen molar-refractivity contribution in [2.75, 3.05) is 11.9 Å². The van der Waals surface area contributed by atoms with Gasteiger partial charge in [0.2, 0.25) is 0 Å². The minimum atomic E-state index is -0.263. The van der Waals surface area contributed by atoms with Gasteiger partial charge >= 0.3 is 0 Å². The number of aryl methyl sites for hydroxylation is 4. The van der Waals surface area contributed by atoms with Crippen molar-refractivity contribution in [3.8, 4) is 11.4 Å². The summed E-state index contributed by atoms with van der Waals surface area (Å²) in [5, 5.41) is 7.39. The van der Waals surface area contributed by atoms with Gasteiger partial charge < -0.3 is 14.8 Å². The fourth-order valence-corrected chi connectivity index (χ4v) is 3.26. The molecule has 6 nitrogen and oxygen atoms in total. The Labute approximate surface area is 176 Å². The summed E-state index contributed by atoms with van der Waals surface area (Å²) in [6.07, 6.45) is 1.23. The Balaban J connectivity index is 1.62. The number of benzene rings is 2. The second kappa shape index (κ2) is 9.39. The minimum Gasteiger partial charge on any atom is -0.484 e. The Morgan fingerprint density at radius 3 is 2.30 bits per heavy atom. The van der Waals surface area contributed by atoms with Crippen LogP contribution in [0, 0.1) is 20.8 Å². The summed E-state index contributed by atoms with van der Waals surface area (Å²) in [6, 6.07) is 15.4. The molecule has 0 atom stereocenters. The van der Waals surface area contributed by atoms with E-state index >= 15 is 0 Å². The third-order valence-electron chi connectivity index (χ3n) is 4.61. The number of Topliss-reactive ketones (excluding diaryl/α,β-unsaturated/α-hetero) is 1. The molecule has 0 saturated heterocycles. The lowest BCUT2D eigenvalue weighted by atomic mass is 10.1. The standard InChI is InChI=1S/C24H27N3O3/c1-16-11-17(2)13-21(12-16)27-23(14-18(3)26-27)25-24(29)15-30-22-9-7-20(8-10-22)6-5-19(4)28/h7-14H,5-6,15H2,1-4H3,(H,25,29). The smallest absolute Gasteiger partial charge is 0.263 e. The van der Waals surface area contributed by atoms with Crippen LogP contribution >= 0.6 is 0 Å². The molecule has 0 fully saturated rings.